The summed E-state index contributed by atoms with van der Waals surface area (Å²) in [6.07, 6.45) is 10.9. The van der Waals surface area contributed by atoms with Crippen LogP contribution in [0.15, 0.2) is 0 Å². The maximum atomic E-state index is 2.27. The summed E-state index contributed by atoms with van der Waals surface area (Å²) >= 11 is 0. The topological polar surface area (TPSA) is 0 Å². The molecule has 0 saturated carbocycles. The summed E-state index contributed by atoms with van der Waals surface area (Å²) < 4.78 is 0. The van der Waals surface area contributed by atoms with Crippen molar-refractivity contribution in [3.63, 3.8) is 0 Å². The summed E-state index contributed by atoms with van der Waals surface area (Å²) in [5, 5.41) is 0. The van der Waals surface area contributed by atoms with Crippen LogP contribution in [0.3, 0.4) is 0 Å². The van der Waals surface area contributed by atoms with Crippen LogP contribution in [-0.4, -0.2) is 0 Å². The van der Waals surface area contributed by atoms with Crippen LogP contribution in [0.5, 0.6) is 0 Å². The smallest absolute Gasteiger partial charge is 0.0471 e. The van der Waals surface area contributed by atoms with E-state index in [0.717, 1.165) is 11.8 Å². The molecule has 0 spiro atoms. The van der Waals surface area contributed by atoms with Crippen LogP contribution in [0.2, 0.25) is 0 Å². The van der Waals surface area contributed by atoms with Crippen LogP contribution >= 0.6 is 0 Å². The Bertz CT molecular complexity index is 101. The minimum absolute atomic E-state index is 0.898. The third-order valence-corrected chi connectivity index (χ3v) is 2.71. The molecular weight excluding hydrogens is 216 g/mol. The lowest BCUT2D eigenvalue weighted by molar-refractivity contribution is 0.550. The Kier molecular flexibility index (Phi) is 28.5. The van der Waals surface area contributed by atoms with Crippen molar-refractivity contribution in [1.82, 2.24) is 0 Å². The highest BCUT2D eigenvalue weighted by molar-refractivity contribution is 4.42. The molecule has 0 aliphatic carbocycles. The van der Waals surface area contributed by atoms with Gasteiger partial charge in [0.05, 0.1) is 0 Å². The molecule has 0 radical (unpaired) electrons. The van der Waals surface area contributed by atoms with Crippen LogP contribution in [0.4, 0.5) is 0 Å². The average molecular weight is 259 g/mol. The molecule has 0 aliphatic rings. The largest absolute Gasteiger partial charge is 0.0654 e. The molecular formula is C18H42. The quantitative estimate of drug-likeness (QED) is 0.444. The normalized spacial score (nSPS) is 9.67. The maximum Gasteiger partial charge on any atom is -0.0471 e. The number of hydrogen-bond donors (Lipinski definition) is 0. The molecule has 18 heavy (non-hydrogen) atoms. The lowest BCUT2D eigenvalue weighted by atomic mass is 10.1. The van der Waals surface area contributed by atoms with E-state index in [1.165, 1.54) is 51.4 Å². The lowest BCUT2D eigenvalue weighted by Gasteiger charge is -1.98. The lowest BCUT2D eigenvalue weighted by Crippen LogP contribution is -1.83. The second kappa shape index (κ2) is 22.2. The number of hydrogen-bond acceptors (Lipinski definition) is 0. The van der Waals surface area contributed by atoms with Crippen molar-refractivity contribution in [3.8, 4) is 0 Å². The first-order valence-electron chi connectivity index (χ1n) is 8.45. The molecule has 0 saturated heterocycles. The van der Waals surface area contributed by atoms with Gasteiger partial charge in [0.25, 0.3) is 0 Å². The predicted octanol–water partition coefficient (Wildman–Crippen LogP) is 7.47. The van der Waals surface area contributed by atoms with Gasteiger partial charge >= 0.3 is 0 Å². The Morgan fingerprint density at radius 1 is 0.500 bits per heavy atom. The first-order chi connectivity index (χ1) is 8.45. The van der Waals surface area contributed by atoms with Crippen molar-refractivity contribution in [3.05, 3.63) is 0 Å². The maximum absolute atomic E-state index is 2.27. The third-order valence-electron chi connectivity index (χ3n) is 2.71. The molecule has 0 amide bonds. The van der Waals surface area contributed by atoms with E-state index in [4.69, 9.17) is 0 Å². The van der Waals surface area contributed by atoms with Crippen LogP contribution in [0.1, 0.15) is 107 Å². The highest BCUT2D eigenvalue weighted by atomic mass is 13.9. The Balaban J connectivity index is -0.000000190. The molecule has 0 aromatic heterocycles. The van der Waals surface area contributed by atoms with Gasteiger partial charge in [0.15, 0.2) is 0 Å². The molecule has 0 N–H and O–H groups in total. The molecule has 0 bridgehead atoms. The molecule has 0 fully saturated rings. The van der Waals surface area contributed by atoms with Gasteiger partial charge in [-0.1, -0.05) is 107 Å². The van der Waals surface area contributed by atoms with Crippen molar-refractivity contribution in [2.75, 3.05) is 0 Å². The molecule has 0 heteroatoms. The van der Waals surface area contributed by atoms with Gasteiger partial charge in [0.1, 0.15) is 0 Å². The van der Waals surface area contributed by atoms with Gasteiger partial charge in [0.2, 0.25) is 0 Å². The Labute approximate surface area is 119 Å². The highest BCUT2D eigenvalue weighted by Gasteiger charge is 1.88. The zero-order valence-electron chi connectivity index (χ0n) is 14.8. The number of rotatable bonds is 7. The van der Waals surface area contributed by atoms with Crippen LogP contribution in [0, 0.1) is 11.8 Å². The molecule has 0 aromatic carbocycles. The summed E-state index contributed by atoms with van der Waals surface area (Å²) in [5.74, 6) is 1.80. The molecule has 114 valence electrons. The Morgan fingerprint density at radius 2 is 0.889 bits per heavy atom. The number of unbranched alkanes of at least 4 members (excludes halogenated alkanes) is 3. The van der Waals surface area contributed by atoms with Crippen molar-refractivity contribution in [2.45, 2.75) is 107 Å². The molecule has 0 atom stereocenters. The molecule has 0 heterocycles. The van der Waals surface area contributed by atoms with E-state index >= 15 is 0 Å². The van der Waals surface area contributed by atoms with Gasteiger partial charge in [0, 0.05) is 0 Å². The SMILES string of the molecule is CCCC(C)C.CCCCC.CCCCC(C)C. The van der Waals surface area contributed by atoms with Crippen LogP contribution in [-0.2, 0) is 0 Å². The first-order valence-corrected chi connectivity index (χ1v) is 8.45. The Hall–Kier alpha value is 0. The minimum Gasteiger partial charge on any atom is -0.0654 e. The summed E-state index contributed by atoms with van der Waals surface area (Å²) in [6.45, 7) is 17.9. The van der Waals surface area contributed by atoms with Crippen LogP contribution < -0.4 is 0 Å². The van der Waals surface area contributed by atoms with Gasteiger partial charge in [-0.05, 0) is 11.8 Å². The van der Waals surface area contributed by atoms with E-state index in [-0.39, 0.29) is 0 Å². The fourth-order valence-electron chi connectivity index (χ4n) is 1.54. The zero-order chi connectivity index (χ0) is 14.8. The van der Waals surface area contributed by atoms with E-state index in [2.05, 4.69) is 55.4 Å². The summed E-state index contributed by atoms with van der Waals surface area (Å²) in [5.41, 5.74) is 0. The fourth-order valence-corrected chi connectivity index (χ4v) is 1.54. The molecule has 0 unspecified atom stereocenters. The Morgan fingerprint density at radius 3 is 0.944 bits per heavy atom. The molecule has 0 rings (SSSR count). The average Bonchev–Trinajstić information content (AvgIpc) is 2.29. The molecule has 0 nitrogen and oxygen atoms in total. The highest BCUT2D eigenvalue weighted by Crippen LogP contribution is 2.04. The van der Waals surface area contributed by atoms with E-state index in [1.807, 2.05) is 0 Å². The molecule has 0 aromatic rings. The minimum atomic E-state index is 0.898. The van der Waals surface area contributed by atoms with Gasteiger partial charge in [-0.15, -0.1) is 0 Å². The fraction of sp³-hybridized carbons (Fsp3) is 1.00. The summed E-state index contributed by atoms with van der Waals surface area (Å²) in [6, 6.07) is 0. The molecule has 0 aliphatic heterocycles. The van der Waals surface area contributed by atoms with Crippen molar-refractivity contribution < 1.29 is 0 Å². The second-order valence-electron chi connectivity index (χ2n) is 6.07. The first kappa shape index (κ1) is 23.1. The van der Waals surface area contributed by atoms with Gasteiger partial charge in [-0.2, -0.15) is 0 Å². The van der Waals surface area contributed by atoms with Crippen molar-refractivity contribution in [1.29, 1.82) is 0 Å². The van der Waals surface area contributed by atoms with Gasteiger partial charge in [-0.25, -0.2) is 0 Å². The third kappa shape index (κ3) is 44.4. The second-order valence-corrected chi connectivity index (χ2v) is 6.07. The summed E-state index contributed by atoms with van der Waals surface area (Å²) in [7, 11) is 0. The predicted molar refractivity (Wildman–Crippen MR) is 89.3 cm³/mol. The van der Waals surface area contributed by atoms with Crippen molar-refractivity contribution in [2.24, 2.45) is 11.8 Å². The van der Waals surface area contributed by atoms with E-state index < -0.39 is 0 Å². The van der Waals surface area contributed by atoms with E-state index in [1.54, 1.807) is 0 Å². The van der Waals surface area contributed by atoms with E-state index in [9.17, 15) is 0 Å². The van der Waals surface area contributed by atoms with Gasteiger partial charge in [-0.3, -0.25) is 0 Å². The summed E-state index contributed by atoms with van der Waals surface area (Å²) in [4.78, 5) is 0. The van der Waals surface area contributed by atoms with Crippen molar-refractivity contribution >= 4 is 0 Å². The van der Waals surface area contributed by atoms with Gasteiger partial charge < -0.3 is 0 Å². The van der Waals surface area contributed by atoms with Crippen LogP contribution in [0.25, 0.3) is 0 Å². The standard InChI is InChI=1S/C7H16.C6H14.C5H12/c1-4-5-6-7(2)3;1-4-5-6(2)3;1-3-5-4-2/h7H,4-6H2,1-3H3;6H,4-5H2,1-3H3;3-5H2,1-2H3. The monoisotopic (exact) mass is 258 g/mol. The van der Waals surface area contributed by atoms with E-state index in [0.29, 0.717) is 0 Å². The zero-order valence-corrected chi connectivity index (χ0v) is 14.8.